The van der Waals surface area contributed by atoms with Gasteiger partial charge in [0.2, 0.25) is 11.8 Å². The van der Waals surface area contributed by atoms with Gasteiger partial charge >= 0.3 is 6.03 Å². The van der Waals surface area contributed by atoms with Crippen molar-refractivity contribution < 1.29 is 18.9 Å². The molecule has 144 valence electrons. The molecule has 2 rings (SSSR count). The largest absolute Gasteiger partial charge is 0.355 e. The molecular weight excluding hydrogens is 338 g/mol. The molecule has 1 saturated heterocycles. The summed E-state index contributed by atoms with van der Waals surface area (Å²) in [5, 5.41) is 9.30. The van der Waals surface area contributed by atoms with E-state index >= 15 is 0 Å². The Labute approximate surface area is 152 Å². The Morgan fingerprint density at radius 3 is 2.54 bits per heavy atom. The van der Waals surface area contributed by atoms with Crippen molar-refractivity contribution in [1.29, 1.82) is 0 Å². The van der Waals surface area contributed by atoms with Crippen LogP contribution >= 0.6 is 0 Å². The van der Waals surface area contributed by atoms with Crippen LogP contribution in [0.15, 0.2) is 4.52 Å². The lowest BCUT2D eigenvalue weighted by atomic mass is 9.93. The Balaban J connectivity index is 1.76. The Bertz CT molecular complexity index is 666. The standard InChI is InChI=1S/C17H27N5O4/c1-5-17(6-2)15(24)22(16(25)20-17)10-12(23)18-9-7-8-13-19-14(11(3)4)21-26-13/h11H,5-10H2,1-4H3,(H,18,23)(H,20,25). The third-order valence-corrected chi connectivity index (χ3v) is 4.64. The zero-order chi connectivity index (χ0) is 19.3. The first-order valence-electron chi connectivity index (χ1n) is 9.06. The van der Waals surface area contributed by atoms with E-state index in [-0.39, 0.29) is 24.3 Å². The molecule has 0 atom stereocenters. The molecule has 26 heavy (non-hydrogen) atoms. The molecule has 1 aliphatic rings. The van der Waals surface area contributed by atoms with Gasteiger partial charge in [-0.15, -0.1) is 0 Å². The maximum atomic E-state index is 12.4. The van der Waals surface area contributed by atoms with Crippen LogP contribution in [0.2, 0.25) is 0 Å². The summed E-state index contributed by atoms with van der Waals surface area (Å²) >= 11 is 0. The molecule has 0 aromatic carbocycles. The molecule has 9 nitrogen and oxygen atoms in total. The molecule has 4 amide bonds. The molecule has 0 bridgehead atoms. The summed E-state index contributed by atoms with van der Waals surface area (Å²) in [4.78, 5) is 41.8. The lowest BCUT2D eigenvalue weighted by Crippen LogP contribution is -2.46. The molecule has 1 aliphatic heterocycles. The molecule has 1 aromatic heterocycles. The van der Waals surface area contributed by atoms with Crippen LogP contribution in [0.3, 0.4) is 0 Å². The number of carbonyl (C=O) groups is 3. The normalized spacial score (nSPS) is 16.3. The highest BCUT2D eigenvalue weighted by Crippen LogP contribution is 2.24. The molecule has 0 radical (unpaired) electrons. The fraction of sp³-hybridized carbons (Fsp3) is 0.706. The summed E-state index contributed by atoms with van der Waals surface area (Å²) in [5.41, 5.74) is -0.885. The van der Waals surface area contributed by atoms with Crippen LogP contribution in [0.25, 0.3) is 0 Å². The van der Waals surface area contributed by atoms with E-state index in [1.54, 1.807) is 0 Å². The van der Waals surface area contributed by atoms with Gasteiger partial charge in [0.15, 0.2) is 5.82 Å². The predicted molar refractivity (Wildman–Crippen MR) is 93.3 cm³/mol. The number of carbonyl (C=O) groups excluding carboxylic acids is 3. The number of aromatic nitrogens is 2. The predicted octanol–water partition coefficient (Wildman–Crippen LogP) is 1.35. The highest BCUT2D eigenvalue weighted by Gasteiger charge is 2.49. The average molecular weight is 365 g/mol. The number of urea groups is 1. The molecule has 2 N–H and O–H groups in total. The van der Waals surface area contributed by atoms with Gasteiger partial charge in [-0.25, -0.2) is 4.79 Å². The highest BCUT2D eigenvalue weighted by atomic mass is 16.5. The minimum atomic E-state index is -0.885. The third-order valence-electron chi connectivity index (χ3n) is 4.64. The van der Waals surface area contributed by atoms with Crippen LogP contribution in [0.5, 0.6) is 0 Å². The fourth-order valence-electron chi connectivity index (χ4n) is 2.82. The minimum Gasteiger partial charge on any atom is -0.355 e. The van der Waals surface area contributed by atoms with E-state index in [0.29, 0.717) is 43.9 Å². The summed E-state index contributed by atoms with van der Waals surface area (Å²) in [5.74, 6) is 0.694. The number of hydrogen-bond acceptors (Lipinski definition) is 6. The molecule has 0 unspecified atom stereocenters. The zero-order valence-corrected chi connectivity index (χ0v) is 15.8. The van der Waals surface area contributed by atoms with Gasteiger partial charge in [0.05, 0.1) is 0 Å². The first-order valence-corrected chi connectivity index (χ1v) is 9.06. The van der Waals surface area contributed by atoms with Crippen LogP contribution in [0, 0.1) is 0 Å². The zero-order valence-electron chi connectivity index (χ0n) is 15.8. The van der Waals surface area contributed by atoms with Gasteiger partial charge in [0.1, 0.15) is 12.1 Å². The van der Waals surface area contributed by atoms with E-state index in [1.807, 2.05) is 27.7 Å². The van der Waals surface area contributed by atoms with Crippen LogP contribution in [-0.2, 0) is 16.0 Å². The third kappa shape index (κ3) is 4.20. The Morgan fingerprint density at radius 2 is 2.00 bits per heavy atom. The number of nitrogens with zero attached hydrogens (tertiary/aromatic N) is 3. The van der Waals surface area contributed by atoms with Gasteiger partial charge in [-0.05, 0) is 19.3 Å². The fourth-order valence-corrected chi connectivity index (χ4v) is 2.82. The monoisotopic (exact) mass is 365 g/mol. The number of nitrogens with one attached hydrogen (secondary N) is 2. The Hall–Kier alpha value is -2.45. The van der Waals surface area contributed by atoms with E-state index in [0.717, 1.165) is 4.90 Å². The molecule has 0 saturated carbocycles. The molecule has 1 aromatic rings. The maximum Gasteiger partial charge on any atom is 0.325 e. The smallest absolute Gasteiger partial charge is 0.325 e. The lowest BCUT2D eigenvalue weighted by Gasteiger charge is -2.22. The summed E-state index contributed by atoms with van der Waals surface area (Å²) in [6, 6.07) is -0.513. The molecule has 9 heteroatoms. The van der Waals surface area contributed by atoms with Crippen LogP contribution in [-0.4, -0.2) is 51.5 Å². The molecule has 0 spiro atoms. The van der Waals surface area contributed by atoms with E-state index in [4.69, 9.17) is 4.52 Å². The SMILES string of the molecule is CCC1(CC)NC(=O)N(CC(=O)NCCCc2nc(C(C)C)no2)C1=O. The van der Waals surface area contributed by atoms with Gasteiger partial charge < -0.3 is 15.2 Å². The second-order valence-electron chi connectivity index (χ2n) is 6.77. The van der Waals surface area contributed by atoms with Crippen molar-refractivity contribution in [2.24, 2.45) is 0 Å². The van der Waals surface area contributed by atoms with Crippen molar-refractivity contribution in [3.8, 4) is 0 Å². The second kappa shape index (κ2) is 8.29. The molecule has 1 fully saturated rings. The van der Waals surface area contributed by atoms with Gasteiger partial charge in [-0.1, -0.05) is 32.9 Å². The van der Waals surface area contributed by atoms with Crippen molar-refractivity contribution in [2.45, 2.75) is 64.8 Å². The molecular formula is C17H27N5O4. The first-order chi connectivity index (χ1) is 12.3. The minimum absolute atomic E-state index is 0.203. The van der Waals surface area contributed by atoms with Gasteiger partial charge in [0, 0.05) is 18.9 Å². The van der Waals surface area contributed by atoms with E-state index in [1.165, 1.54) is 0 Å². The number of amides is 4. The number of hydrogen-bond donors (Lipinski definition) is 2. The van der Waals surface area contributed by atoms with Gasteiger partial charge in [-0.2, -0.15) is 4.98 Å². The molecule has 2 heterocycles. The summed E-state index contributed by atoms with van der Waals surface area (Å²) in [6.45, 7) is 7.77. The van der Waals surface area contributed by atoms with E-state index in [9.17, 15) is 14.4 Å². The van der Waals surface area contributed by atoms with Crippen LogP contribution < -0.4 is 10.6 Å². The quantitative estimate of drug-likeness (QED) is 0.504. The Kier molecular flexibility index (Phi) is 6.33. The van der Waals surface area contributed by atoms with E-state index < -0.39 is 11.6 Å². The summed E-state index contributed by atoms with van der Waals surface area (Å²) < 4.78 is 5.14. The van der Waals surface area contributed by atoms with Crippen molar-refractivity contribution in [2.75, 3.05) is 13.1 Å². The molecule has 0 aliphatic carbocycles. The van der Waals surface area contributed by atoms with Crippen molar-refractivity contribution in [3.63, 3.8) is 0 Å². The van der Waals surface area contributed by atoms with Crippen molar-refractivity contribution >= 4 is 17.8 Å². The van der Waals surface area contributed by atoms with Crippen molar-refractivity contribution in [1.82, 2.24) is 25.7 Å². The van der Waals surface area contributed by atoms with Gasteiger partial charge in [-0.3, -0.25) is 14.5 Å². The topological polar surface area (TPSA) is 117 Å². The summed E-state index contributed by atoms with van der Waals surface area (Å²) in [7, 11) is 0. The lowest BCUT2D eigenvalue weighted by molar-refractivity contribution is -0.135. The van der Waals surface area contributed by atoms with Crippen LogP contribution in [0.4, 0.5) is 4.79 Å². The maximum absolute atomic E-state index is 12.4. The summed E-state index contributed by atoms with van der Waals surface area (Å²) in [6.07, 6.45) is 2.17. The van der Waals surface area contributed by atoms with Crippen LogP contribution in [0.1, 0.15) is 64.6 Å². The number of aryl methyl sites for hydroxylation is 1. The van der Waals surface area contributed by atoms with Crippen molar-refractivity contribution in [3.05, 3.63) is 11.7 Å². The number of rotatable bonds is 9. The highest BCUT2D eigenvalue weighted by molar-refractivity contribution is 6.08. The average Bonchev–Trinajstić information content (AvgIpc) is 3.17. The number of imide groups is 1. The Morgan fingerprint density at radius 1 is 1.31 bits per heavy atom. The first kappa shape index (κ1) is 19.9. The van der Waals surface area contributed by atoms with Gasteiger partial charge in [0.25, 0.3) is 5.91 Å². The van der Waals surface area contributed by atoms with E-state index in [2.05, 4.69) is 20.8 Å². The second-order valence-corrected chi connectivity index (χ2v) is 6.77.